The van der Waals surface area contributed by atoms with Crippen LogP contribution in [-0.2, 0) is 4.74 Å². The van der Waals surface area contributed by atoms with E-state index in [1.165, 1.54) is 0 Å². The molecule has 17 heavy (non-hydrogen) atoms. The van der Waals surface area contributed by atoms with Crippen LogP contribution in [0.3, 0.4) is 0 Å². The van der Waals surface area contributed by atoms with Crippen LogP contribution in [0.5, 0.6) is 0 Å². The van der Waals surface area contributed by atoms with Crippen molar-refractivity contribution in [2.24, 2.45) is 5.92 Å². The molecule has 1 saturated heterocycles. The lowest BCUT2D eigenvalue weighted by atomic mass is 9.81. The second kappa shape index (κ2) is 4.43. The highest BCUT2D eigenvalue weighted by atomic mass is 19.4. The highest BCUT2D eigenvalue weighted by Gasteiger charge is 2.56. The molecular formula is C12H22F3NO. The number of hydrogen-bond donors (Lipinski definition) is 1. The summed E-state index contributed by atoms with van der Waals surface area (Å²) in [4.78, 5) is 0. The van der Waals surface area contributed by atoms with Crippen molar-refractivity contribution in [3.8, 4) is 0 Å². The van der Waals surface area contributed by atoms with Gasteiger partial charge in [-0.15, -0.1) is 0 Å². The zero-order chi connectivity index (χ0) is 13.5. The Morgan fingerprint density at radius 3 is 2.12 bits per heavy atom. The molecule has 1 aliphatic rings. The molecule has 0 bridgehead atoms. The Bertz CT molecular complexity index is 273. The van der Waals surface area contributed by atoms with E-state index in [1.54, 1.807) is 20.8 Å². The highest BCUT2D eigenvalue weighted by Crippen LogP contribution is 2.46. The van der Waals surface area contributed by atoms with Crippen molar-refractivity contribution in [1.82, 2.24) is 5.32 Å². The molecule has 5 heteroatoms. The van der Waals surface area contributed by atoms with Gasteiger partial charge in [-0.25, -0.2) is 0 Å². The van der Waals surface area contributed by atoms with E-state index in [0.717, 1.165) is 0 Å². The number of ether oxygens (including phenoxy) is 1. The molecule has 0 aromatic heterocycles. The summed E-state index contributed by atoms with van der Waals surface area (Å²) in [5.41, 5.74) is -1.25. The lowest BCUT2D eigenvalue weighted by Gasteiger charge is -2.34. The molecule has 0 aromatic carbocycles. The van der Waals surface area contributed by atoms with Gasteiger partial charge in [0.2, 0.25) is 0 Å². The molecule has 1 rings (SSSR count). The molecule has 0 aliphatic carbocycles. The van der Waals surface area contributed by atoms with E-state index in [0.29, 0.717) is 13.0 Å². The second-order valence-corrected chi connectivity index (χ2v) is 5.85. The van der Waals surface area contributed by atoms with Crippen LogP contribution in [0.4, 0.5) is 13.2 Å². The Morgan fingerprint density at radius 1 is 1.29 bits per heavy atom. The van der Waals surface area contributed by atoms with Crippen LogP contribution in [0.2, 0.25) is 0 Å². The fourth-order valence-electron chi connectivity index (χ4n) is 2.83. The molecule has 102 valence electrons. The maximum absolute atomic E-state index is 13.0. The fraction of sp³-hybridized carbons (Fsp3) is 1.00. The quantitative estimate of drug-likeness (QED) is 0.834. The average Bonchev–Trinajstić information content (AvgIpc) is 2.27. The zero-order valence-corrected chi connectivity index (χ0v) is 11.1. The SMILES string of the molecule is CCNC(C1CC(C)(C)OC1(C)C)C(F)(F)F. The fourth-order valence-corrected chi connectivity index (χ4v) is 2.83. The summed E-state index contributed by atoms with van der Waals surface area (Å²) in [6.07, 6.45) is -3.82. The minimum atomic E-state index is -4.23. The van der Waals surface area contributed by atoms with E-state index in [9.17, 15) is 13.2 Å². The molecule has 2 unspecified atom stereocenters. The monoisotopic (exact) mass is 253 g/mol. The Hall–Kier alpha value is -0.290. The first kappa shape index (κ1) is 14.8. The first-order chi connectivity index (χ1) is 7.49. The zero-order valence-electron chi connectivity index (χ0n) is 11.1. The van der Waals surface area contributed by atoms with Gasteiger partial charge >= 0.3 is 6.18 Å². The lowest BCUT2D eigenvalue weighted by molar-refractivity contribution is -0.180. The molecule has 1 fully saturated rings. The van der Waals surface area contributed by atoms with Gasteiger partial charge in [0.1, 0.15) is 6.04 Å². The van der Waals surface area contributed by atoms with Crippen LogP contribution in [0, 0.1) is 5.92 Å². The van der Waals surface area contributed by atoms with Gasteiger partial charge in [-0.05, 0) is 40.7 Å². The predicted molar refractivity (Wildman–Crippen MR) is 60.9 cm³/mol. The summed E-state index contributed by atoms with van der Waals surface area (Å²) in [6.45, 7) is 9.15. The molecule has 0 spiro atoms. The molecule has 1 heterocycles. The van der Waals surface area contributed by atoms with Gasteiger partial charge in [0.25, 0.3) is 0 Å². The summed E-state index contributed by atoms with van der Waals surface area (Å²) in [6, 6.07) is -1.50. The number of alkyl halides is 3. The Kier molecular flexibility index (Phi) is 3.85. The molecule has 2 nitrogen and oxygen atoms in total. The van der Waals surface area contributed by atoms with Gasteiger partial charge in [0, 0.05) is 5.92 Å². The van der Waals surface area contributed by atoms with Crippen molar-refractivity contribution in [1.29, 1.82) is 0 Å². The molecule has 1 N–H and O–H groups in total. The summed E-state index contributed by atoms with van der Waals surface area (Å²) in [5, 5.41) is 2.55. The van der Waals surface area contributed by atoms with Crippen LogP contribution in [0.25, 0.3) is 0 Å². The Labute approximate surface area is 101 Å². The second-order valence-electron chi connectivity index (χ2n) is 5.85. The first-order valence-electron chi connectivity index (χ1n) is 6.00. The Morgan fingerprint density at radius 2 is 1.82 bits per heavy atom. The molecular weight excluding hydrogens is 231 g/mol. The third-order valence-corrected chi connectivity index (χ3v) is 3.32. The normalized spacial score (nSPS) is 29.3. The van der Waals surface area contributed by atoms with Gasteiger partial charge in [-0.1, -0.05) is 6.92 Å². The van der Waals surface area contributed by atoms with E-state index in [4.69, 9.17) is 4.74 Å². The number of hydrogen-bond acceptors (Lipinski definition) is 2. The van der Waals surface area contributed by atoms with Crippen molar-refractivity contribution in [2.75, 3.05) is 6.54 Å². The topological polar surface area (TPSA) is 21.3 Å². The largest absolute Gasteiger partial charge is 0.404 e. The minimum Gasteiger partial charge on any atom is -0.369 e. The van der Waals surface area contributed by atoms with E-state index in [-0.39, 0.29) is 0 Å². The molecule has 0 aromatic rings. The highest BCUT2D eigenvalue weighted by molar-refractivity contribution is 5.01. The summed E-state index contributed by atoms with van der Waals surface area (Å²) in [5.74, 6) is -0.558. The van der Waals surface area contributed by atoms with E-state index < -0.39 is 29.3 Å². The summed E-state index contributed by atoms with van der Waals surface area (Å²) < 4.78 is 44.8. The summed E-state index contributed by atoms with van der Waals surface area (Å²) >= 11 is 0. The van der Waals surface area contributed by atoms with Crippen LogP contribution >= 0.6 is 0 Å². The van der Waals surface area contributed by atoms with Crippen LogP contribution in [0.15, 0.2) is 0 Å². The molecule has 2 atom stereocenters. The number of rotatable bonds is 3. The molecule has 0 amide bonds. The molecule has 1 aliphatic heterocycles. The summed E-state index contributed by atoms with van der Waals surface area (Å²) in [7, 11) is 0. The Balaban J connectivity index is 2.95. The molecule has 0 radical (unpaired) electrons. The third kappa shape index (κ3) is 3.35. The lowest BCUT2D eigenvalue weighted by Crippen LogP contribution is -2.52. The van der Waals surface area contributed by atoms with Gasteiger partial charge in [0.15, 0.2) is 0 Å². The average molecular weight is 253 g/mol. The minimum absolute atomic E-state index is 0.303. The van der Waals surface area contributed by atoms with Crippen molar-refractivity contribution < 1.29 is 17.9 Å². The van der Waals surface area contributed by atoms with Gasteiger partial charge in [-0.3, -0.25) is 0 Å². The van der Waals surface area contributed by atoms with Crippen LogP contribution in [0.1, 0.15) is 41.0 Å². The number of nitrogens with one attached hydrogen (secondary N) is 1. The van der Waals surface area contributed by atoms with Gasteiger partial charge in [-0.2, -0.15) is 13.2 Å². The van der Waals surface area contributed by atoms with E-state index in [1.807, 2.05) is 13.8 Å². The maximum atomic E-state index is 13.0. The van der Waals surface area contributed by atoms with E-state index in [2.05, 4.69) is 5.32 Å². The molecule has 0 saturated carbocycles. The first-order valence-corrected chi connectivity index (χ1v) is 6.00. The van der Waals surface area contributed by atoms with Crippen LogP contribution < -0.4 is 5.32 Å². The standard InChI is InChI=1S/C12H22F3NO/c1-6-16-9(12(13,14)15)8-7-10(2,3)17-11(8,4)5/h8-9,16H,6-7H2,1-5H3. The van der Waals surface area contributed by atoms with Crippen molar-refractivity contribution in [2.45, 2.75) is 64.5 Å². The van der Waals surface area contributed by atoms with Crippen molar-refractivity contribution in [3.05, 3.63) is 0 Å². The van der Waals surface area contributed by atoms with Gasteiger partial charge in [0.05, 0.1) is 11.2 Å². The third-order valence-electron chi connectivity index (χ3n) is 3.32. The van der Waals surface area contributed by atoms with Crippen molar-refractivity contribution >= 4 is 0 Å². The van der Waals surface area contributed by atoms with Crippen LogP contribution in [-0.4, -0.2) is 30.0 Å². The predicted octanol–water partition coefficient (Wildman–Crippen LogP) is 3.12. The maximum Gasteiger partial charge on any atom is 0.404 e. The van der Waals surface area contributed by atoms with Crippen molar-refractivity contribution in [3.63, 3.8) is 0 Å². The van der Waals surface area contributed by atoms with E-state index >= 15 is 0 Å². The van der Waals surface area contributed by atoms with Gasteiger partial charge < -0.3 is 10.1 Å². The number of halogens is 3. The smallest absolute Gasteiger partial charge is 0.369 e.